The van der Waals surface area contributed by atoms with Crippen molar-refractivity contribution < 1.29 is 14.1 Å². The van der Waals surface area contributed by atoms with Gasteiger partial charge in [0.1, 0.15) is 11.4 Å². The van der Waals surface area contributed by atoms with Gasteiger partial charge >= 0.3 is 5.97 Å². The minimum absolute atomic E-state index is 0.149. The van der Waals surface area contributed by atoms with Gasteiger partial charge in [-0.25, -0.2) is 4.72 Å². The number of hydrogen-bond donors (Lipinski definition) is 1. The average molecular weight is 463 g/mol. The smallest absolute Gasteiger partial charge is 0.307 e. The maximum Gasteiger partial charge on any atom is 0.307 e. The Labute approximate surface area is 199 Å². The van der Waals surface area contributed by atoms with Crippen molar-refractivity contribution in [1.29, 1.82) is 0 Å². The Hall–Kier alpha value is -3.14. The first-order valence-electron chi connectivity index (χ1n) is 10.9. The zero-order valence-corrected chi connectivity index (χ0v) is 20.3. The molecule has 0 aliphatic heterocycles. The van der Waals surface area contributed by atoms with Gasteiger partial charge in [-0.2, -0.15) is 0 Å². The van der Waals surface area contributed by atoms with Crippen LogP contribution >= 0.6 is 0 Å². The zero-order valence-electron chi connectivity index (χ0n) is 19.5. The molecule has 0 aliphatic rings. The fourth-order valence-electron chi connectivity index (χ4n) is 3.77. The molecule has 1 N–H and O–H groups in total. The summed E-state index contributed by atoms with van der Waals surface area (Å²) in [7, 11) is 1.38. The van der Waals surface area contributed by atoms with Crippen LogP contribution in [0.25, 0.3) is 10.8 Å². The van der Waals surface area contributed by atoms with E-state index < -0.39 is 11.4 Å². The number of nitrogens with zero attached hydrogens (tertiary/aromatic N) is 1. The first-order valence-corrected chi connectivity index (χ1v) is 12.1. The van der Waals surface area contributed by atoms with E-state index in [2.05, 4.69) is 24.5 Å². The summed E-state index contributed by atoms with van der Waals surface area (Å²) in [5.74, 6) is 2.83. The molecule has 0 amide bonds. The summed E-state index contributed by atoms with van der Waals surface area (Å²) < 4.78 is 21.0. The number of esters is 1. The second kappa shape index (κ2) is 11.1. The van der Waals surface area contributed by atoms with Gasteiger partial charge in [0, 0.05) is 22.5 Å². The van der Waals surface area contributed by atoms with E-state index in [9.17, 15) is 9.35 Å². The van der Waals surface area contributed by atoms with Crippen LogP contribution < -0.4 is 9.62 Å². The molecule has 1 unspecified atom stereocenters. The monoisotopic (exact) mass is 462 g/mol. The van der Waals surface area contributed by atoms with Crippen LogP contribution in [-0.2, 0) is 20.9 Å². The van der Waals surface area contributed by atoms with Gasteiger partial charge in [0.15, 0.2) is 4.90 Å². The predicted octanol–water partition coefficient (Wildman–Crippen LogP) is 5.49. The van der Waals surface area contributed by atoms with Crippen molar-refractivity contribution in [1.82, 2.24) is 0 Å². The number of methoxy groups -OCH3 is 1. The molecule has 0 aliphatic carbocycles. The van der Waals surface area contributed by atoms with Gasteiger partial charge in [0.25, 0.3) is 0 Å². The lowest BCUT2D eigenvalue weighted by atomic mass is 10.0. The Morgan fingerprint density at radius 3 is 2.36 bits per heavy atom. The van der Waals surface area contributed by atoms with Gasteiger partial charge in [-0.3, -0.25) is 4.79 Å². The van der Waals surface area contributed by atoms with Crippen molar-refractivity contribution in [2.24, 2.45) is 0 Å². The highest BCUT2D eigenvalue weighted by Crippen LogP contribution is 2.34. The summed E-state index contributed by atoms with van der Waals surface area (Å²) in [6.07, 6.45) is 5.87. The molecule has 0 heterocycles. The fourth-order valence-corrected chi connectivity index (χ4v) is 4.65. The summed E-state index contributed by atoms with van der Waals surface area (Å²) in [5.41, 5.74) is 2.89. The molecule has 6 heteroatoms. The van der Waals surface area contributed by atoms with Crippen LogP contribution in [0, 0.1) is 12.3 Å². The number of rotatable bonds is 9. The molecule has 0 fully saturated rings. The third-order valence-electron chi connectivity index (χ3n) is 5.66. The Morgan fingerprint density at radius 2 is 1.76 bits per heavy atom. The summed E-state index contributed by atoms with van der Waals surface area (Å²) in [6.45, 7) is 6.56. The lowest BCUT2D eigenvalue weighted by Gasteiger charge is -2.30. The molecule has 33 heavy (non-hydrogen) atoms. The van der Waals surface area contributed by atoms with E-state index in [1.54, 1.807) is 0 Å². The number of ether oxygens (including phenoxy) is 1. The maximum absolute atomic E-state index is 13.0. The lowest BCUT2D eigenvalue weighted by Crippen LogP contribution is -2.35. The van der Waals surface area contributed by atoms with Gasteiger partial charge in [-0.1, -0.05) is 56.2 Å². The summed E-state index contributed by atoms with van der Waals surface area (Å²) in [6, 6.07) is 19.4. The van der Waals surface area contributed by atoms with Crippen molar-refractivity contribution >= 4 is 39.5 Å². The van der Waals surface area contributed by atoms with Crippen molar-refractivity contribution in [3.05, 3.63) is 66.2 Å². The molecule has 3 aromatic carbocycles. The minimum Gasteiger partial charge on any atom is -0.588 e. The first-order chi connectivity index (χ1) is 15.8. The summed E-state index contributed by atoms with van der Waals surface area (Å²) in [4.78, 5) is 14.6. The Morgan fingerprint density at radius 1 is 1.09 bits per heavy atom. The topological polar surface area (TPSA) is 64.6 Å². The molecule has 0 saturated carbocycles. The SMILES string of the molecule is C#CCN(c1ccc(N[S+]([O-])c2ccc(C(C)C)cc2)c2ccccc12)[C@@H](C)CC(=O)OC. The van der Waals surface area contributed by atoms with Crippen molar-refractivity contribution in [2.75, 3.05) is 23.3 Å². The van der Waals surface area contributed by atoms with Gasteiger partial charge in [0.2, 0.25) is 0 Å². The van der Waals surface area contributed by atoms with E-state index in [4.69, 9.17) is 11.2 Å². The Balaban J connectivity index is 1.94. The zero-order chi connectivity index (χ0) is 24.0. The number of hydrogen-bond acceptors (Lipinski definition) is 5. The molecule has 0 bridgehead atoms. The second-order valence-corrected chi connectivity index (χ2v) is 9.45. The van der Waals surface area contributed by atoms with Crippen LogP contribution in [0.3, 0.4) is 0 Å². The highest BCUT2D eigenvalue weighted by Gasteiger charge is 2.21. The van der Waals surface area contributed by atoms with E-state index in [0.29, 0.717) is 17.4 Å². The molecular formula is C27H30N2O3S. The molecule has 0 spiro atoms. The first kappa shape index (κ1) is 24.5. The van der Waals surface area contributed by atoms with Gasteiger partial charge in [-0.05, 0) is 42.7 Å². The molecule has 0 radical (unpaired) electrons. The Bertz CT molecular complexity index is 1140. The molecule has 2 atom stereocenters. The van der Waals surface area contributed by atoms with Crippen molar-refractivity contribution in [2.45, 2.75) is 44.0 Å². The van der Waals surface area contributed by atoms with Gasteiger partial charge < -0.3 is 14.2 Å². The molecule has 172 valence electrons. The van der Waals surface area contributed by atoms with Crippen LogP contribution in [0.2, 0.25) is 0 Å². The third-order valence-corrected chi connectivity index (χ3v) is 6.76. The molecule has 3 rings (SSSR count). The van der Waals surface area contributed by atoms with E-state index in [0.717, 1.165) is 22.1 Å². The molecule has 3 aromatic rings. The normalized spacial score (nSPS) is 12.8. The maximum atomic E-state index is 13.0. The number of nitrogens with one attached hydrogen (secondary N) is 1. The van der Waals surface area contributed by atoms with Crippen LogP contribution in [-0.4, -0.2) is 30.2 Å². The second-order valence-electron chi connectivity index (χ2n) is 8.23. The quantitative estimate of drug-likeness (QED) is 0.259. The van der Waals surface area contributed by atoms with E-state index >= 15 is 0 Å². The largest absolute Gasteiger partial charge is 0.588 e. The molecule has 5 nitrogen and oxygen atoms in total. The predicted molar refractivity (Wildman–Crippen MR) is 137 cm³/mol. The Kier molecular flexibility index (Phi) is 8.26. The van der Waals surface area contributed by atoms with E-state index in [1.807, 2.05) is 72.5 Å². The number of carbonyl (C=O) groups is 1. The number of fused-ring (bicyclic) bond motifs is 1. The average Bonchev–Trinajstić information content (AvgIpc) is 2.82. The van der Waals surface area contributed by atoms with Gasteiger partial charge in [0.05, 0.1) is 25.8 Å². The lowest BCUT2D eigenvalue weighted by molar-refractivity contribution is -0.140. The third kappa shape index (κ3) is 5.81. The number of anilines is 2. The highest BCUT2D eigenvalue weighted by atomic mass is 32.2. The number of terminal acetylenes is 1. The van der Waals surface area contributed by atoms with Crippen LogP contribution in [0.1, 0.15) is 38.7 Å². The van der Waals surface area contributed by atoms with E-state index in [1.165, 1.54) is 12.7 Å². The minimum atomic E-state index is -1.41. The summed E-state index contributed by atoms with van der Waals surface area (Å²) >= 11 is -1.41. The van der Waals surface area contributed by atoms with Crippen LogP contribution in [0.15, 0.2) is 65.6 Å². The number of benzene rings is 3. The van der Waals surface area contributed by atoms with Crippen LogP contribution in [0.5, 0.6) is 0 Å². The van der Waals surface area contributed by atoms with Crippen molar-refractivity contribution in [3.63, 3.8) is 0 Å². The highest BCUT2D eigenvalue weighted by molar-refractivity contribution is 7.92. The van der Waals surface area contributed by atoms with Gasteiger partial charge in [-0.15, -0.1) is 6.42 Å². The number of carbonyl (C=O) groups excluding carboxylic acids is 1. The summed E-state index contributed by atoms with van der Waals surface area (Å²) in [5, 5.41) is 1.89. The van der Waals surface area contributed by atoms with E-state index in [-0.39, 0.29) is 18.4 Å². The van der Waals surface area contributed by atoms with Crippen LogP contribution in [0.4, 0.5) is 11.4 Å². The molecule has 0 aromatic heterocycles. The molecular weight excluding hydrogens is 432 g/mol. The standard InChI is InChI=1S/C27H30N2O3S/c1-6-17-29(20(4)18-27(30)32-5)26-16-15-25(23-9-7-8-10-24(23)26)28-33(31)22-13-11-21(12-14-22)19(2)3/h1,7-16,19-20,28H,17-18H2,2-5H3/t20-,33?/m0/s1. The van der Waals surface area contributed by atoms with Crippen molar-refractivity contribution in [3.8, 4) is 12.3 Å². The molecule has 0 saturated heterocycles. The fraction of sp³-hybridized carbons (Fsp3) is 0.296.